The van der Waals surface area contributed by atoms with E-state index >= 15 is 0 Å². The highest BCUT2D eigenvalue weighted by atomic mass is 15.1. The lowest BCUT2D eigenvalue weighted by Crippen LogP contribution is -3.16. The van der Waals surface area contributed by atoms with Gasteiger partial charge in [-0.1, -0.05) is 6.92 Å². The molecule has 0 saturated carbocycles. The summed E-state index contributed by atoms with van der Waals surface area (Å²) in [6, 6.07) is 0. The molecule has 9 heavy (non-hydrogen) atoms. The molecular formula is C8H20N+. The maximum atomic E-state index is 2.28. The topological polar surface area (TPSA) is 4.44 Å². The summed E-state index contributed by atoms with van der Waals surface area (Å²) in [5.74, 6) is 0. The van der Waals surface area contributed by atoms with Crippen molar-refractivity contribution in [3.05, 3.63) is 0 Å². The van der Waals surface area contributed by atoms with Crippen molar-refractivity contribution in [2.24, 2.45) is 0 Å². The Labute approximate surface area is 59.1 Å². The SMILES string of the molecule is CCC[NH+](C)C(C)(C)C. The van der Waals surface area contributed by atoms with Crippen molar-refractivity contribution in [3.63, 3.8) is 0 Å². The van der Waals surface area contributed by atoms with Crippen molar-refractivity contribution in [3.8, 4) is 0 Å². The number of quaternary nitrogens is 1. The van der Waals surface area contributed by atoms with Crippen LogP contribution in [0.5, 0.6) is 0 Å². The third-order valence-electron chi connectivity index (χ3n) is 1.91. The molecule has 0 radical (unpaired) electrons. The van der Waals surface area contributed by atoms with Gasteiger partial charge < -0.3 is 4.90 Å². The second-order valence-electron chi connectivity index (χ2n) is 3.78. The van der Waals surface area contributed by atoms with E-state index in [1.807, 2.05) is 0 Å². The third-order valence-corrected chi connectivity index (χ3v) is 1.91. The van der Waals surface area contributed by atoms with Gasteiger partial charge in [-0.25, -0.2) is 0 Å². The highest BCUT2D eigenvalue weighted by molar-refractivity contribution is 4.54. The van der Waals surface area contributed by atoms with Gasteiger partial charge in [0.1, 0.15) is 0 Å². The molecule has 0 rings (SSSR count). The monoisotopic (exact) mass is 130 g/mol. The van der Waals surface area contributed by atoms with Crippen LogP contribution in [0, 0.1) is 0 Å². The molecule has 1 N–H and O–H groups in total. The summed E-state index contributed by atoms with van der Waals surface area (Å²) in [6.45, 7) is 10.3. The van der Waals surface area contributed by atoms with E-state index in [-0.39, 0.29) is 0 Å². The van der Waals surface area contributed by atoms with E-state index in [0.29, 0.717) is 5.54 Å². The van der Waals surface area contributed by atoms with Crippen LogP contribution in [-0.4, -0.2) is 19.1 Å². The van der Waals surface area contributed by atoms with Gasteiger partial charge in [-0.3, -0.25) is 0 Å². The van der Waals surface area contributed by atoms with Crippen LogP contribution in [0.25, 0.3) is 0 Å². The number of hydrogen-bond acceptors (Lipinski definition) is 0. The molecule has 0 aliphatic heterocycles. The summed E-state index contributed by atoms with van der Waals surface area (Å²) in [7, 11) is 2.25. The summed E-state index contributed by atoms with van der Waals surface area (Å²) in [5, 5.41) is 0. The van der Waals surface area contributed by atoms with Gasteiger partial charge in [0.05, 0.1) is 19.1 Å². The van der Waals surface area contributed by atoms with Crippen LogP contribution in [0.1, 0.15) is 34.1 Å². The Hall–Kier alpha value is -0.0400. The van der Waals surface area contributed by atoms with Crippen LogP contribution in [0.15, 0.2) is 0 Å². The van der Waals surface area contributed by atoms with E-state index in [9.17, 15) is 0 Å². The van der Waals surface area contributed by atoms with E-state index in [1.54, 1.807) is 4.90 Å². The van der Waals surface area contributed by atoms with Crippen molar-refractivity contribution in [2.45, 2.75) is 39.7 Å². The molecule has 1 unspecified atom stereocenters. The molecule has 0 aliphatic rings. The second-order valence-corrected chi connectivity index (χ2v) is 3.78. The number of nitrogens with one attached hydrogen (secondary N) is 1. The van der Waals surface area contributed by atoms with Gasteiger partial charge in [-0.15, -0.1) is 0 Å². The molecule has 1 nitrogen and oxygen atoms in total. The molecule has 0 saturated heterocycles. The van der Waals surface area contributed by atoms with E-state index in [4.69, 9.17) is 0 Å². The fraction of sp³-hybridized carbons (Fsp3) is 1.00. The Morgan fingerprint density at radius 2 is 1.67 bits per heavy atom. The van der Waals surface area contributed by atoms with Crippen molar-refractivity contribution in [1.82, 2.24) is 0 Å². The van der Waals surface area contributed by atoms with E-state index in [0.717, 1.165) is 0 Å². The summed E-state index contributed by atoms with van der Waals surface area (Å²) >= 11 is 0. The molecule has 56 valence electrons. The average molecular weight is 130 g/mol. The van der Waals surface area contributed by atoms with Gasteiger partial charge in [0.2, 0.25) is 0 Å². The van der Waals surface area contributed by atoms with Crippen molar-refractivity contribution >= 4 is 0 Å². The molecular weight excluding hydrogens is 110 g/mol. The molecule has 0 aromatic rings. The van der Waals surface area contributed by atoms with Crippen LogP contribution in [0.2, 0.25) is 0 Å². The first-order valence-electron chi connectivity index (χ1n) is 3.81. The maximum absolute atomic E-state index is 2.28. The van der Waals surface area contributed by atoms with Gasteiger partial charge in [0.15, 0.2) is 0 Å². The first-order valence-corrected chi connectivity index (χ1v) is 3.81. The van der Waals surface area contributed by atoms with E-state index in [1.165, 1.54) is 13.0 Å². The molecule has 0 fully saturated rings. The van der Waals surface area contributed by atoms with Crippen LogP contribution in [0.4, 0.5) is 0 Å². The van der Waals surface area contributed by atoms with Gasteiger partial charge >= 0.3 is 0 Å². The quantitative estimate of drug-likeness (QED) is 0.561. The van der Waals surface area contributed by atoms with Crippen molar-refractivity contribution < 1.29 is 4.90 Å². The number of hydrogen-bond donors (Lipinski definition) is 1. The zero-order chi connectivity index (χ0) is 7.49. The first kappa shape index (κ1) is 8.96. The lowest BCUT2D eigenvalue weighted by molar-refractivity contribution is -0.927. The first-order chi connectivity index (χ1) is 3.98. The summed E-state index contributed by atoms with van der Waals surface area (Å²) in [5.41, 5.74) is 0.427. The smallest absolute Gasteiger partial charge is 0.0889 e. The van der Waals surface area contributed by atoms with Crippen LogP contribution in [0.3, 0.4) is 0 Å². The summed E-state index contributed by atoms with van der Waals surface area (Å²) in [6.07, 6.45) is 1.28. The Kier molecular flexibility index (Phi) is 3.20. The highest BCUT2D eigenvalue weighted by Crippen LogP contribution is 1.90. The molecule has 1 atom stereocenters. The minimum Gasteiger partial charge on any atom is -0.333 e. The molecule has 0 aliphatic carbocycles. The van der Waals surface area contributed by atoms with Gasteiger partial charge in [-0.2, -0.15) is 0 Å². The Balaban J connectivity index is 3.59. The Morgan fingerprint density at radius 1 is 1.22 bits per heavy atom. The third kappa shape index (κ3) is 3.52. The summed E-state index contributed by atoms with van der Waals surface area (Å²) < 4.78 is 0. The minimum atomic E-state index is 0.427. The average Bonchev–Trinajstić information content (AvgIpc) is 1.64. The highest BCUT2D eigenvalue weighted by Gasteiger charge is 2.18. The fourth-order valence-corrected chi connectivity index (χ4v) is 0.750. The van der Waals surface area contributed by atoms with Gasteiger partial charge in [-0.05, 0) is 27.2 Å². The molecule has 0 heterocycles. The second kappa shape index (κ2) is 3.21. The molecule has 1 heteroatoms. The molecule has 0 aromatic heterocycles. The largest absolute Gasteiger partial charge is 0.333 e. The fourth-order valence-electron chi connectivity index (χ4n) is 0.750. The van der Waals surface area contributed by atoms with Crippen molar-refractivity contribution in [1.29, 1.82) is 0 Å². The standard InChI is InChI=1S/C8H19N/c1-6-7-9(5)8(2,3)4/h6-7H2,1-5H3/p+1. The van der Waals surface area contributed by atoms with Gasteiger partial charge in [0.25, 0.3) is 0 Å². The number of rotatable bonds is 2. The predicted molar refractivity (Wildman–Crippen MR) is 41.8 cm³/mol. The maximum Gasteiger partial charge on any atom is 0.0889 e. The summed E-state index contributed by atoms with van der Waals surface area (Å²) in [4.78, 5) is 1.62. The van der Waals surface area contributed by atoms with E-state index in [2.05, 4.69) is 34.7 Å². The zero-order valence-electron chi connectivity index (χ0n) is 7.41. The Morgan fingerprint density at radius 3 is 1.78 bits per heavy atom. The van der Waals surface area contributed by atoms with Crippen molar-refractivity contribution in [2.75, 3.05) is 13.6 Å². The van der Waals surface area contributed by atoms with Crippen LogP contribution < -0.4 is 4.90 Å². The normalized spacial score (nSPS) is 15.7. The van der Waals surface area contributed by atoms with Gasteiger partial charge in [0, 0.05) is 0 Å². The Bertz CT molecular complexity index is 71.1. The molecule has 0 spiro atoms. The molecule has 0 amide bonds. The lowest BCUT2D eigenvalue weighted by atomic mass is 10.1. The molecule has 0 aromatic carbocycles. The predicted octanol–water partition coefficient (Wildman–Crippen LogP) is 0.710. The van der Waals surface area contributed by atoms with Crippen LogP contribution >= 0.6 is 0 Å². The lowest BCUT2D eigenvalue weighted by Gasteiger charge is -2.27. The minimum absolute atomic E-state index is 0.427. The van der Waals surface area contributed by atoms with Crippen LogP contribution in [-0.2, 0) is 0 Å². The molecule has 0 bridgehead atoms. The zero-order valence-corrected chi connectivity index (χ0v) is 7.41. The van der Waals surface area contributed by atoms with E-state index < -0.39 is 0 Å².